The van der Waals surface area contributed by atoms with Crippen molar-refractivity contribution in [3.8, 4) is 0 Å². The van der Waals surface area contributed by atoms with E-state index in [0.717, 1.165) is 22.3 Å². The summed E-state index contributed by atoms with van der Waals surface area (Å²) < 4.78 is 0. The Kier molecular flexibility index (Phi) is 3.56. The predicted octanol–water partition coefficient (Wildman–Crippen LogP) is 3.74. The second-order valence-electron chi connectivity index (χ2n) is 5.13. The molecule has 0 saturated heterocycles. The first-order valence-electron chi connectivity index (χ1n) is 6.65. The maximum atomic E-state index is 12.1. The van der Waals surface area contributed by atoms with E-state index in [1.165, 1.54) is 12.8 Å². The summed E-state index contributed by atoms with van der Waals surface area (Å²) in [5.41, 5.74) is 0.731. The molecular formula is C16H16BrNO. The molecule has 98 valence electrons. The molecule has 19 heavy (non-hydrogen) atoms. The van der Waals surface area contributed by atoms with Gasteiger partial charge < -0.3 is 5.32 Å². The summed E-state index contributed by atoms with van der Waals surface area (Å²) in [5, 5.41) is 5.27. The fraction of sp³-hybridized carbons (Fsp3) is 0.312. The van der Waals surface area contributed by atoms with E-state index in [1.807, 2.05) is 36.4 Å². The van der Waals surface area contributed by atoms with Crippen LogP contribution in [0.3, 0.4) is 0 Å². The van der Waals surface area contributed by atoms with Gasteiger partial charge in [-0.15, -0.1) is 0 Å². The van der Waals surface area contributed by atoms with Gasteiger partial charge in [0.25, 0.3) is 5.91 Å². The van der Waals surface area contributed by atoms with Crippen LogP contribution in [0.4, 0.5) is 0 Å². The van der Waals surface area contributed by atoms with Crippen molar-refractivity contribution in [2.75, 3.05) is 6.54 Å². The fourth-order valence-corrected chi connectivity index (χ4v) is 2.94. The first-order chi connectivity index (χ1) is 9.24. The average molecular weight is 318 g/mol. The van der Waals surface area contributed by atoms with Crippen molar-refractivity contribution in [2.24, 2.45) is 5.92 Å². The summed E-state index contributed by atoms with van der Waals surface area (Å²) in [6.45, 7) is 0.705. The van der Waals surface area contributed by atoms with Gasteiger partial charge >= 0.3 is 0 Å². The van der Waals surface area contributed by atoms with Crippen LogP contribution in [0, 0.1) is 5.92 Å². The predicted molar refractivity (Wildman–Crippen MR) is 81.7 cm³/mol. The van der Waals surface area contributed by atoms with Gasteiger partial charge in [0.1, 0.15) is 0 Å². The Bertz CT molecular complexity index is 606. The highest BCUT2D eigenvalue weighted by Crippen LogP contribution is 2.36. The van der Waals surface area contributed by atoms with Crippen LogP contribution in [0.15, 0.2) is 42.5 Å². The molecule has 1 unspecified atom stereocenters. The maximum Gasteiger partial charge on any atom is 0.251 e. The third-order valence-electron chi connectivity index (χ3n) is 3.60. The minimum absolute atomic E-state index is 0.0100. The lowest BCUT2D eigenvalue weighted by atomic mass is 10.1. The van der Waals surface area contributed by atoms with E-state index in [4.69, 9.17) is 0 Å². The Morgan fingerprint density at radius 2 is 1.95 bits per heavy atom. The molecule has 0 radical (unpaired) electrons. The first kappa shape index (κ1) is 12.7. The molecule has 1 saturated carbocycles. The molecule has 0 aromatic heterocycles. The van der Waals surface area contributed by atoms with Gasteiger partial charge in [0.05, 0.1) is 0 Å². The molecule has 1 aliphatic carbocycles. The molecule has 1 fully saturated rings. The van der Waals surface area contributed by atoms with Crippen LogP contribution in [0.5, 0.6) is 0 Å². The third-order valence-corrected chi connectivity index (χ3v) is 4.67. The normalized spacial score (nSPS) is 16.3. The van der Waals surface area contributed by atoms with Gasteiger partial charge in [0.15, 0.2) is 0 Å². The maximum absolute atomic E-state index is 12.1. The number of carbonyl (C=O) groups is 1. The molecule has 0 aliphatic heterocycles. The SMILES string of the molecule is O=C(NCC(Br)C1CC1)c1ccc2ccccc2c1. The summed E-state index contributed by atoms with van der Waals surface area (Å²) in [6, 6.07) is 13.9. The molecule has 2 aromatic carbocycles. The highest BCUT2D eigenvalue weighted by atomic mass is 79.9. The quantitative estimate of drug-likeness (QED) is 0.855. The Labute approximate surface area is 121 Å². The molecule has 2 aromatic rings. The lowest BCUT2D eigenvalue weighted by Crippen LogP contribution is -2.30. The number of amides is 1. The summed E-state index contributed by atoms with van der Waals surface area (Å²) in [5.74, 6) is 0.757. The van der Waals surface area contributed by atoms with Gasteiger partial charge in [-0.3, -0.25) is 4.79 Å². The van der Waals surface area contributed by atoms with Crippen molar-refractivity contribution in [2.45, 2.75) is 17.7 Å². The average Bonchev–Trinajstić information content (AvgIpc) is 3.28. The largest absolute Gasteiger partial charge is 0.351 e. The number of carbonyl (C=O) groups excluding carboxylic acids is 1. The van der Waals surface area contributed by atoms with Crippen LogP contribution < -0.4 is 5.32 Å². The van der Waals surface area contributed by atoms with Crippen LogP contribution in [0.1, 0.15) is 23.2 Å². The molecule has 1 atom stereocenters. The number of alkyl halides is 1. The van der Waals surface area contributed by atoms with E-state index < -0.39 is 0 Å². The number of fused-ring (bicyclic) bond motifs is 1. The first-order valence-corrected chi connectivity index (χ1v) is 7.57. The monoisotopic (exact) mass is 317 g/mol. The third kappa shape index (κ3) is 2.98. The number of hydrogen-bond acceptors (Lipinski definition) is 1. The smallest absolute Gasteiger partial charge is 0.251 e. The highest BCUT2D eigenvalue weighted by molar-refractivity contribution is 9.09. The zero-order chi connectivity index (χ0) is 13.2. The summed E-state index contributed by atoms with van der Waals surface area (Å²) >= 11 is 3.63. The molecule has 3 heteroatoms. The van der Waals surface area contributed by atoms with Crippen LogP contribution in [0.25, 0.3) is 10.8 Å². The fourth-order valence-electron chi connectivity index (χ4n) is 2.25. The van der Waals surface area contributed by atoms with E-state index in [9.17, 15) is 4.79 Å². The van der Waals surface area contributed by atoms with Gasteiger partial charge in [0, 0.05) is 16.9 Å². The van der Waals surface area contributed by atoms with Gasteiger partial charge in [-0.25, -0.2) is 0 Å². The van der Waals surface area contributed by atoms with Crippen molar-refractivity contribution in [1.82, 2.24) is 5.32 Å². The van der Waals surface area contributed by atoms with Gasteiger partial charge in [-0.2, -0.15) is 0 Å². The second-order valence-corrected chi connectivity index (χ2v) is 6.30. The summed E-state index contributed by atoms with van der Waals surface area (Å²) in [6.07, 6.45) is 2.56. The molecule has 1 N–H and O–H groups in total. The molecule has 1 aliphatic rings. The summed E-state index contributed by atoms with van der Waals surface area (Å²) in [4.78, 5) is 12.5. The molecular weight excluding hydrogens is 302 g/mol. The highest BCUT2D eigenvalue weighted by Gasteiger charge is 2.29. The van der Waals surface area contributed by atoms with E-state index >= 15 is 0 Å². The topological polar surface area (TPSA) is 29.1 Å². The molecule has 0 spiro atoms. The van der Waals surface area contributed by atoms with E-state index in [0.29, 0.717) is 11.4 Å². The van der Waals surface area contributed by atoms with Crippen LogP contribution in [-0.4, -0.2) is 17.3 Å². The van der Waals surface area contributed by atoms with Crippen molar-refractivity contribution in [3.05, 3.63) is 48.0 Å². The number of nitrogens with one attached hydrogen (secondary N) is 1. The zero-order valence-electron chi connectivity index (χ0n) is 10.6. The number of halogens is 1. The lowest BCUT2D eigenvalue weighted by Gasteiger charge is -2.10. The minimum Gasteiger partial charge on any atom is -0.351 e. The van der Waals surface area contributed by atoms with E-state index in [2.05, 4.69) is 27.3 Å². The van der Waals surface area contributed by atoms with Crippen LogP contribution >= 0.6 is 15.9 Å². The molecule has 0 bridgehead atoms. The van der Waals surface area contributed by atoms with Gasteiger partial charge in [-0.1, -0.05) is 46.3 Å². The standard InChI is InChI=1S/C16H16BrNO/c17-15(12-6-7-12)10-18-16(19)14-8-5-11-3-1-2-4-13(11)9-14/h1-5,8-9,12,15H,6-7,10H2,(H,18,19). The molecule has 0 heterocycles. The van der Waals surface area contributed by atoms with Crippen molar-refractivity contribution in [3.63, 3.8) is 0 Å². The molecule has 3 rings (SSSR count). The Hall–Kier alpha value is -1.35. The van der Waals surface area contributed by atoms with E-state index in [1.54, 1.807) is 0 Å². The Morgan fingerprint density at radius 1 is 1.21 bits per heavy atom. The molecule has 2 nitrogen and oxygen atoms in total. The van der Waals surface area contributed by atoms with Crippen molar-refractivity contribution >= 4 is 32.6 Å². The second kappa shape index (κ2) is 5.33. The van der Waals surface area contributed by atoms with E-state index in [-0.39, 0.29) is 5.91 Å². The lowest BCUT2D eigenvalue weighted by molar-refractivity contribution is 0.0953. The van der Waals surface area contributed by atoms with Gasteiger partial charge in [0.2, 0.25) is 0 Å². The zero-order valence-corrected chi connectivity index (χ0v) is 12.2. The Morgan fingerprint density at radius 3 is 2.68 bits per heavy atom. The van der Waals surface area contributed by atoms with Crippen LogP contribution in [-0.2, 0) is 0 Å². The van der Waals surface area contributed by atoms with Crippen LogP contribution in [0.2, 0.25) is 0 Å². The Balaban J connectivity index is 1.70. The number of benzene rings is 2. The number of rotatable bonds is 4. The van der Waals surface area contributed by atoms with Gasteiger partial charge in [-0.05, 0) is 41.7 Å². The summed E-state index contributed by atoms with van der Waals surface area (Å²) in [7, 11) is 0. The molecule has 1 amide bonds. The van der Waals surface area contributed by atoms with Crippen molar-refractivity contribution in [1.29, 1.82) is 0 Å². The minimum atomic E-state index is 0.0100. The number of hydrogen-bond donors (Lipinski definition) is 1. The van der Waals surface area contributed by atoms with Crippen molar-refractivity contribution < 1.29 is 4.79 Å².